The van der Waals surface area contributed by atoms with Crippen LogP contribution in [0.25, 0.3) is 32.6 Å². The average molecular weight is 539 g/mol. The van der Waals surface area contributed by atoms with Gasteiger partial charge in [-0.15, -0.1) is 0 Å². The fourth-order valence-electron chi connectivity index (χ4n) is 4.83. The first-order chi connectivity index (χ1) is 19.4. The molecule has 5 rings (SSSR count). The molecule has 0 aliphatic heterocycles. The SMILES string of the molecule is [C-]#[N+]/C(C#N)=C(/C#N)c1cc2oc3cc(N(c4ccc(C(C)(C)C)cc4)c4ccc(C(C)(C)C)cc4)ccc3c2o1. The second-order valence-electron chi connectivity index (χ2n) is 12.1. The molecule has 0 spiro atoms. The number of hydrogen-bond donors (Lipinski definition) is 0. The predicted molar refractivity (Wildman–Crippen MR) is 163 cm³/mol. The summed E-state index contributed by atoms with van der Waals surface area (Å²) in [7, 11) is 0. The van der Waals surface area contributed by atoms with E-state index in [-0.39, 0.29) is 27.9 Å². The van der Waals surface area contributed by atoms with Crippen molar-refractivity contribution in [3.63, 3.8) is 0 Å². The van der Waals surface area contributed by atoms with Crippen LogP contribution in [0.2, 0.25) is 0 Å². The summed E-state index contributed by atoms with van der Waals surface area (Å²) in [4.78, 5) is 5.34. The highest BCUT2D eigenvalue weighted by molar-refractivity contribution is 6.04. The summed E-state index contributed by atoms with van der Waals surface area (Å²) in [5.41, 5.74) is 6.65. The smallest absolute Gasteiger partial charge is 0.283 e. The minimum atomic E-state index is -0.318. The Morgan fingerprint density at radius 2 is 1.24 bits per heavy atom. The van der Waals surface area contributed by atoms with Crippen LogP contribution in [-0.2, 0) is 10.8 Å². The Hall–Kier alpha value is -5.25. The standard InChI is InChI=1S/C35H30N4O2/c1-34(2,3)22-8-12-24(13-9-22)39(25-14-10-23(11-15-25)35(4,5)6)26-16-17-27-30(18-26)40-32-19-31(41-33(27)32)28(20-36)29(21-37)38-7/h8-19H,1-6H3/b29-28-. The van der Waals surface area contributed by atoms with E-state index in [1.807, 2.05) is 24.3 Å². The van der Waals surface area contributed by atoms with Gasteiger partial charge in [0.1, 0.15) is 16.9 Å². The van der Waals surface area contributed by atoms with Gasteiger partial charge in [-0.05, 0) is 58.4 Å². The maximum atomic E-state index is 9.53. The van der Waals surface area contributed by atoms with E-state index in [2.05, 4.69) is 99.8 Å². The highest BCUT2D eigenvalue weighted by atomic mass is 16.4. The van der Waals surface area contributed by atoms with Crippen molar-refractivity contribution in [1.29, 1.82) is 10.5 Å². The number of furan rings is 2. The third kappa shape index (κ3) is 5.07. The van der Waals surface area contributed by atoms with Crippen molar-refractivity contribution < 1.29 is 8.83 Å². The van der Waals surface area contributed by atoms with E-state index in [9.17, 15) is 10.5 Å². The molecule has 2 aromatic heterocycles. The first-order valence-corrected chi connectivity index (χ1v) is 13.3. The van der Waals surface area contributed by atoms with E-state index in [1.54, 1.807) is 12.1 Å². The van der Waals surface area contributed by atoms with Gasteiger partial charge in [-0.25, -0.2) is 10.1 Å². The van der Waals surface area contributed by atoms with Gasteiger partial charge >= 0.3 is 0 Å². The van der Waals surface area contributed by atoms with Crippen LogP contribution >= 0.6 is 0 Å². The number of hydrogen-bond acceptors (Lipinski definition) is 5. The minimum absolute atomic E-state index is 0.0428. The number of nitriles is 2. The van der Waals surface area contributed by atoms with Gasteiger partial charge in [-0.2, -0.15) is 5.26 Å². The third-order valence-electron chi connectivity index (χ3n) is 7.18. The van der Waals surface area contributed by atoms with Crippen LogP contribution < -0.4 is 4.90 Å². The Kier molecular flexibility index (Phi) is 6.70. The van der Waals surface area contributed by atoms with E-state index < -0.39 is 0 Å². The Morgan fingerprint density at radius 3 is 1.71 bits per heavy atom. The van der Waals surface area contributed by atoms with Crippen molar-refractivity contribution in [2.75, 3.05) is 4.90 Å². The monoisotopic (exact) mass is 538 g/mol. The van der Waals surface area contributed by atoms with Crippen LogP contribution in [0.4, 0.5) is 17.1 Å². The molecule has 6 nitrogen and oxygen atoms in total. The normalized spacial score (nSPS) is 12.5. The van der Waals surface area contributed by atoms with Gasteiger partial charge < -0.3 is 13.7 Å². The van der Waals surface area contributed by atoms with Crippen LogP contribution in [0.15, 0.2) is 87.3 Å². The molecular weight excluding hydrogens is 508 g/mol. The zero-order valence-electron chi connectivity index (χ0n) is 24.0. The van der Waals surface area contributed by atoms with E-state index >= 15 is 0 Å². The second kappa shape index (κ2) is 10.1. The highest BCUT2D eigenvalue weighted by Crippen LogP contribution is 2.41. The van der Waals surface area contributed by atoms with E-state index in [4.69, 9.17) is 15.4 Å². The molecule has 3 aromatic carbocycles. The quantitative estimate of drug-likeness (QED) is 0.168. The first-order valence-electron chi connectivity index (χ1n) is 13.3. The van der Waals surface area contributed by atoms with Crippen molar-refractivity contribution in [3.8, 4) is 12.1 Å². The molecule has 202 valence electrons. The summed E-state index contributed by atoms with van der Waals surface area (Å²) in [6, 6.07) is 28.4. The molecule has 0 N–H and O–H groups in total. The van der Waals surface area contributed by atoms with Crippen LogP contribution in [-0.4, -0.2) is 0 Å². The molecule has 6 heteroatoms. The number of benzene rings is 3. The van der Waals surface area contributed by atoms with Gasteiger partial charge in [0, 0.05) is 29.2 Å². The number of nitrogens with zero attached hydrogens (tertiary/aromatic N) is 4. The van der Waals surface area contributed by atoms with Crippen molar-refractivity contribution in [3.05, 3.63) is 107 Å². The molecular formula is C35H30N4O2. The lowest BCUT2D eigenvalue weighted by Gasteiger charge is -2.28. The number of fused-ring (bicyclic) bond motifs is 3. The first kappa shape index (κ1) is 27.3. The van der Waals surface area contributed by atoms with Gasteiger partial charge in [0.25, 0.3) is 5.70 Å². The van der Waals surface area contributed by atoms with Crippen molar-refractivity contribution in [1.82, 2.24) is 0 Å². The molecule has 0 radical (unpaired) electrons. The summed E-state index contributed by atoms with van der Waals surface area (Å²) in [6.07, 6.45) is 0. The topological polar surface area (TPSA) is 81.5 Å². The summed E-state index contributed by atoms with van der Waals surface area (Å²) in [5.74, 6) is 0.138. The van der Waals surface area contributed by atoms with Crippen molar-refractivity contribution in [2.24, 2.45) is 0 Å². The average Bonchev–Trinajstić information content (AvgIpc) is 3.49. The molecule has 0 atom stereocenters. The largest absolute Gasteiger partial charge is 0.452 e. The van der Waals surface area contributed by atoms with Crippen LogP contribution in [0, 0.1) is 29.2 Å². The molecule has 0 unspecified atom stereocenters. The molecule has 2 heterocycles. The van der Waals surface area contributed by atoms with Crippen LogP contribution in [0.5, 0.6) is 0 Å². The van der Waals surface area contributed by atoms with Crippen LogP contribution in [0.1, 0.15) is 58.4 Å². The zero-order valence-corrected chi connectivity index (χ0v) is 24.0. The van der Waals surface area contributed by atoms with E-state index in [0.29, 0.717) is 16.7 Å². The summed E-state index contributed by atoms with van der Waals surface area (Å²) < 4.78 is 12.1. The molecule has 5 aromatic rings. The van der Waals surface area contributed by atoms with Crippen molar-refractivity contribution >= 4 is 44.8 Å². The lowest BCUT2D eigenvalue weighted by Crippen LogP contribution is -2.14. The third-order valence-corrected chi connectivity index (χ3v) is 7.18. The molecule has 0 aliphatic rings. The Balaban J connectivity index is 1.63. The van der Waals surface area contributed by atoms with E-state index in [0.717, 1.165) is 22.4 Å². The second-order valence-corrected chi connectivity index (χ2v) is 12.1. The highest BCUT2D eigenvalue weighted by Gasteiger charge is 2.22. The fourth-order valence-corrected chi connectivity index (χ4v) is 4.83. The van der Waals surface area contributed by atoms with E-state index in [1.165, 1.54) is 11.1 Å². The molecule has 0 bridgehead atoms. The number of allylic oxidation sites excluding steroid dienone is 2. The van der Waals surface area contributed by atoms with Gasteiger partial charge in [-0.3, -0.25) is 0 Å². The molecule has 0 amide bonds. The zero-order chi connectivity index (χ0) is 29.5. The summed E-state index contributed by atoms with van der Waals surface area (Å²) in [6.45, 7) is 20.4. The molecule has 0 aliphatic carbocycles. The lowest BCUT2D eigenvalue weighted by molar-refractivity contribution is 0.590. The molecule has 0 saturated heterocycles. The van der Waals surface area contributed by atoms with Gasteiger partial charge in [0.2, 0.25) is 0 Å². The minimum Gasteiger partial charge on any atom is -0.452 e. The van der Waals surface area contributed by atoms with Crippen molar-refractivity contribution in [2.45, 2.75) is 52.4 Å². The Bertz CT molecular complexity index is 1850. The van der Waals surface area contributed by atoms with Crippen LogP contribution in [0.3, 0.4) is 0 Å². The number of rotatable bonds is 4. The Labute approximate surface area is 240 Å². The molecule has 0 fully saturated rings. The fraction of sp³-hybridized carbons (Fsp3) is 0.229. The summed E-state index contributed by atoms with van der Waals surface area (Å²) in [5, 5.41) is 19.5. The number of anilines is 3. The maximum Gasteiger partial charge on any atom is 0.283 e. The predicted octanol–water partition coefficient (Wildman–Crippen LogP) is 9.92. The molecule has 41 heavy (non-hydrogen) atoms. The maximum absolute atomic E-state index is 9.53. The van der Waals surface area contributed by atoms with Gasteiger partial charge in [0.05, 0.1) is 24.1 Å². The molecule has 0 saturated carbocycles. The van der Waals surface area contributed by atoms with Gasteiger partial charge in [0.15, 0.2) is 11.2 Å². The lowest BCUT2D eigenvalue weighted by atomic mass is 9.86. The van der Waals surface area contributed by atoms with Gasteiger partial charge in [-0.1, -0.05) is 65.8 Å². The summed E-state index contributed by atoms with van der Waals surface area (Å²) >= 11 is 0. The Morgan fingerprint density at radius 1 is 0.707 bits per heavy atom.